The van der Waals surface area contributed by atoms with E-state index in [0.29, 0.717) is 5.92 Å². The Morgan fingerprint density at radius 2 is 2.20 bits per heavy atom. The second kappa shape index (κ2) is 2.17. The molecule has 2 saturated heterocycles. The minimum Gasteiger partial charge on any atom is -0.375 e. The molecule has 2 aliphatic rings. The van der Waals surface area contributed by atoms with Crippen molar-refractivity contribution < 1.29 is 4.74 Å². The molecule has 4 heteroatoms. The maximum atomic E-state index is 5.84. The van der Waals surface area contributed by atoms with Crippen LogP contribution in [0.15, 0.2) is 0 Å². The van der Waals surface area contributed by atoms with Crippen LogP contribution in [0.25, 0.3) is 0 Å². The highest BCUT2D eigenvalue weighted by atomic mass is 16.5. The number of rotatable bonds is 0. The van der Waals surface area contributed by atoms with Crippen LogP contribution in [-0.2, 0) is 4.74 Å². The van der Waals surface area contributed by atoms with Crippen molar-refractivity contribution in [2.45, 2.75) is 12.1 Å². The highest BCUT2D eigenvalue weighted by molar-refractivity contribution is 4.93. The molecule has 2 aliphatic heterocycles. The standard InChI is InChI=1S/C6H13N3O/c7-6-4-1-9(8)2-5(6)10-3-4/h4-6H,1-3,7-8H2. The van der Waals surface area contributed by atoms with Crippen molar-refractivity contribution in [3.8, 4) is 0 Å². The summed E-state index contributed by atoms with van der Waals surface area (Å²) in [4.78, 5) is 0. The minimum atomic E-state index is 0.184. The summed E-state index contributed by atoms with van der Waals surface area (Å²) >= 11 is 0. The Kier molecular flexibility index (Phi) is 1.42. The predicted molar refractivity (Wildman–Crippen MR) is 37.0 cm³/mol. The van der Waals surface area contributed by atoms with Gasteiger partial charge in [0.2, 0.25) is 0 Å². The number of hydrazine groups is 1. The fraction of sp³-hybridized carbons (Fsp3) is 1.00. The van der Waals surface area contributed by atoms with E-state index in [1.54, 1.807) is 5.01 Å². The zero-order chi connectivity index (χ0) is 7.14. The van der Waals surface area contributed by atoms with Gasteiger partial charge < -0.3 is 10.5 Å². The molecule has 2 rings (SSSR count). The minimum absolute atomic E-state index is 0.184. The summed E-state index contributed by atoms with van der Waals surface area (Å²) in [5.74, 6) is 6.08. The molecule has 0 aromatic carbocycles. The van der Waals surface area contributed by atoms with Crippen LogP contribution >= 0.6 is 0 Å². The van der Waals surface area contributed by atoms with Crippen LogP contribution in [0, 0.1) is 5.92 Å². The summed E-state index contributed by atoms with van der Waals surface area (Å²) in [6.07, 6.45) is 0.184. The quantitative estimate of drug-likeness (QED) is 0.406. The lowest BCUT2D eigenvalue weighted by molar-refractivity contribution is 0.0735. The third-order valence-corrected chi connectivity index (χ3v) is 2.38. The summed E-state index contributed by atoms with van der Waals surface area (Å²) in [5.41, 5.74) is 5.84. The smallest absolute Gasteiger partial charge is 0.0870 e. The second-order valence-electron chi connectivity index (χ2n) is 3.16. The molecule has 2 fully saturated rings. The van der Waals surface area contributed by atoms with E-state index < -0.39 is 0 Å². The Hall–Kier alpha value is -0.160. The number of piperidine rings is 1. The molecule has 0 aliphatic carbocycles. The summed E-state index contributed by atoms with van der Waals surface area (Å²) < 4.78 is 5.41. The number of hydrogen-bond donors (Lipinski definition) is 2. The number of hydrogen-bond acceptors (Lipinski definition) is 4. The lowest BCUT2D eigenvalue weighted by Gasteiger charge is -2.30. The summed E-state index contributed by atoms with van der Waals surface area (Å²) in [6.45, 7) is 2.47. The SMILES string of the molecule is NC1C2COC1CN(N)C2. The van der Waals surface area contributed by atoms with Crippen molar-refractivity contribution in [1.29, 1.82) is 0 Å². The molecule has 10 heavy (non-hydrogen) atoms. The van der Waals surface area contributed by atoms with Gasteiger partial charge in [-0.1, -0.05) is 0 Å². The van der Waals surface area contributed by atoms with Gasteiger partial charge in [0.1, 0.15) is 0 Å². The van der Waals surface area contributed by atoms with E-state index >= 15 is 0 Å². The number of nitrogens with zero attached hydrogens (tertiary/aromatic N) is 1. The van der Waals surface area contributed by atoms with Gasteiger partial charge in [-0.3, -0.25) is 5.84 Å². The van der Waals surface area contributed by atoms with Crippen LogP contribution in [0.4, 0.5) is 0 Å². The van der Waals surface area contributed by atoms with Gasteiger partial charge in [-0.2, -0.15) is 0 Å². The average molecular weight is 143 g/mol. The average Bonchev–Trinajstić information content (AvgIpc) is 2.20. The molecule has 0 amide bonds. The van der Waals surface area contributed by atoms with E-state index in [2.05, 4.69) is 0 Å². The first-order chi connectivity index (χ1) is 4.77. The van der Waals surface area contributed by atoms with Gasteiger partial charge in [0.05, 0.1) is 12.7 Å². The van der Waals surface area contributed by atoms with Crippen molar-refractivity contribution in [2.24, 2.45) is 17.5 Å². The van der Waals surface area contributed by atoms with Gasteiger partial charge in [-0.15, -0.1) is 0 Å². The lowest BCUT2D eigenvalue weighted by atomic mass is 9.96. The van der Waals surface area contributed by atoms with Crippen molar-refractivity contribution in [2.75, 3.05) is 19.7 Å². The van der Waals surface area contributed by atoms with Crippen LogP contribution in [0.5, 0.6) is 0 Å². The van der Waals surface area contributed by atoms with E-state index in [0.717, 1.165) is 19.7 Å². The third-order valence-electron chi connectivity index (χ3n) is 2.38. The summed E-state index contributed by atoms with van der Waals surface area (Å²) in [7, 11) is 0. The molecule has 3 unspecified atom stereocenters. The fourth-order valence-electron chi connectivity index (χ4n) is 1.73. The molecule has 0 aromatic heterocycles. The fourth-order valence-corrected chi connectivity index (χ4v) is 1.73. The highest BCUT2D eigenvalue weighted by Gasteiger charge is 2.39. The number of ether oxygens (including phenoxy) is 1. The Morgan fingerprint density at radius 1 is 1.40 bits per heavy atom. The monoisotopic (exact) mass is 143 g/mol. The molecule has 2 heterocycles. The molecule has 58 valence electrons. The summed E-state index contributed by atoms with van der Waals surface area (Å²) in [5, 5.41) is 1.80. The summed E-state index contributed by atoms with van der Waals surface area (Å²) in [6, 6.07) is 0.222. The number of nitrogens with two attached hydrogens (primary N) is 2. The van der Waals surface area contributed by atoms with Crippen LogP contribution in [-0.4, -0.2) is 36.9 Å². The van der Waals surface area contributed by atoms with Gasteiger partial charge in [-0.05, 0) is 0 Å². The van der Waals surface area contributed by atoms with Crippen molar-refractivity contribution in [3.05, 3.63) is 0 Å². The lowest BCUT2D eigenvalue weighted by Crippen LogP contribution is -2.54. The van der Waals surface area contributed by atoms with Crippen LogP contribution in [0.2, 0.25) is 0 Å². The molecule has 0 aromatic rings. The largest absolute Gasteiger partial charge is 0.375 e. The maximum absolute atomic E-state index is 5.84. The molecular weight excluding hydrogens is 130 g/mol. The van der Waals surface area contributed by atoms with E-state index in [1.165, 1.54) is 0 Å². The molecule has 0 saturated carbocycles. The molecule has 4 nitrogen and oxygen atoms in total. The zero-order valence-corrected chi connectivity index (χ0v) is 5.86. The molecule has 0 radical (unpaired) electrons. The first-order valence-corrected chi connectivity index (χ1v) is 3.64. The van der Waals surface area contributed by atoms with Crippen molar-refractivity contribution >= 4 is 0 Å². The van der Waals surface area contributed by atoms with Crippen molar-refractivity contribution in [1.82, 2.24) is 5.01 Å². The Morgan fingerprint density at radius 3 is 2.90 bits per heavy atom. The van der Waals surface area contributed by atoms with Gasteiger partial charge in [0, 0.05) is 25.0 Å². The topological polar surface area (TPSA) is 64.5 Å². The number of fused-ring (bicyclic) bond motifs is 2. The normalized spacial score (nSPS) is 48.0. The molecular formula is C6H13N3O. The van der Waals surface area contributed by atoms with E-state index in [4.69, 9.17) is 16.3 Å². The molecule has 3 atom stereocenters. The van der Waals surface area contributed by atoms with E-state index in [-0.39, 0.29) is 12.1 Å². The van der Waals surface area contributed by atoms with E-state index in [1.807, 2.05) is 0 Å². The third kappa shape index (κ3) is 0.845. The van der Waals surface area contributed by atoms with Gasteiger partial charge >= 0.3 is 0 Å². The van der Waals surface area contributed by atoms with Crippen LogP contribution < -0.4 is 11.6 Å². The van der Waals surface area contributed by atoms with Crippen molar-refractivity contribution in [3.63, 3.8) is 0 Å². The maximum Gasteiger partial charge on any atom is 0.0870 e. The van der Waals surface area contributed by atoms with Crippen LogP contribution in [0.1, 0.15) is 0 Å². The van der Waals surface area contributed by atoms with Gasteiger partial charge in [0.25, 0.3) is 0 Å². The Labute approximate surface area is 60.1 Å². The van der Waals surface area contributed by atoms with Gasteiger partial charge in [-0.25, -0.2) is 5.01 Å². The van der Waals surface area contributed by atoms with Crippen LogP contribution in [0.3, 0.4) is 0 Å². The van der Waals surface area contributed by atoms with Gasteiger partial charge in [0.15, 0.2) is 0 Å². The predicted octanol–water partition coefficient (Wildman–Crippen LogP) is -1.48. The second-order valence-corrected chi connectivity index (χ2v) is 3.16. The molecule has 4 N–H and O–H groups in total. The molecule has 2 bridgehead atoms. The zero-order valence-electron chi connectivity index (χ0n) is 5.86. The Balaban J connectivity index is 2.09. The molecule has 0 spiro atoms. The first-order valence-electron chi connectivity index (χ1n) is 3.64. The Bertz CT molecular complexity index is 127. The van der Waals surface area contributed by atoms with E-state index in [9.17, 15) is 0 Å². The first kappa shape index (κ1) is 6.54. The highest BCUT2D eigenvalue weighted by Crippen LogP contribution is 2.23.